The fourth-order valence-electron chi connectivity index (χ4n) is 3.62. The number of anilines is 2. The third-order valence-corrected chi connectivity index (χ3v) is 8.45. The van der Waals surface area contributed by atoms with E-state index in [-0.39, 0.29) is 105 Å². The number of benzene rings is 3. The van der Waals surface area contributed by atoms with Crippen LogP contribution in [0.4, 0.5) is 31.7 Å². The zero-order valence-corrected chi connectivity index (χ0v) is 32.4. The summed E-state index contributed by atoms with van der Waals surface area (Å²) >= 11 is 5.71. The van der Waals surface area contributed by atoms with E-state index in [0.717, 1.165) is 25.1 Å². The molecule has 1 heterocycles. The molecule has 0 spiro atoms. The summed E-state index contributed by atoms with van der Waals surface area (Å²) in [6.07, 6.45) is -1.47. The Morgan fingerprint density at radius 3 is 2.02 bits per heavy atom. The van der Waals surface area contributed by atoms with Crippen LogP contribution < -0.4 is 99.1 Å². The third kappa shape index (κ3) is 9.59. The molecule has 24 heteroatoms. The van der Waals surface area contributed by atoms with E-state index in [1.54, 1.807) is 0 Å². The van der Waals surface area contributed by atoms with E-state index >= 15 is 0 Å². The van der Waals surface area contributed by atoms with Gasteiger partial charge in [-0.3, -0.25) is 4.55 Å². The Labute approximate surface area is 325 Å². The molecule has 0 saturated carbocycles. The molecule has 0 saturated heterocycles. The maximum Gasteiger partial charge on any atom is 1.00 e. The molecule has 0 aliphatic heterocycles. The van der Waals surface area contributed by atoms with Gasteiger partial charge in [0.15, 0.2) is 5.82 Å². The number of aryl methyl sites for hydroxylation is 1. The second-order valence-corrected chi connectivity index (χ2v) is 12.7. The van der Waals surface area contributed by atoms with Crippen molar-refractivity contribution in [1.29, 1.82) is 0 Å². The Kier molecular flexibility index (Phi) is 14.5. The van der Waals surface area contributed by atoms with E-state index in [1.165, 1.54) is 6.07 Å². The molecule has 15 nitrogen and oxygen atoms in total. The van der Waals surface area contributed by atoms with Gasteiger partial charge in [-0.05, 0) is 53.6 Å². The van der Waals surface area contributed by atoms with Gasteiger partial charge in [-0.15, -0.1) is 10.2 Å². The van der Waals surface area contributed by atoms with Crippen molar-refractivity contribution in [2.45, 2.75) is 21.6 Å². The predicted octanol–water partition coefficient (Wildman–Crippen LogP) is -5.83. The largest absolute Gasteiger partial charge is 1.00 e. The minimum Gasteiger partial charge on any atom is -0.871 e. The quantitative estimate of drug-likeness (QED) is 0.0591. The van der Waals surface area contributed by atoms with Crippen LogP contribution >= 0.6 is 11.6 Å². The van der Waals surface area contributed by atoms with Crippen molar-refractivity contribution in [3.8, 4) is 5.75 Å². The van der Waals surface area contributed by atoms with E-state index in [9.17, 15) is 52.8 Å². The van der Waals surface area contributed by atoms with Crippen molar-refractivity contribution in [3.63, 3.8) is 0 Å². The topological polar surface area (TPSA) is 254 Å². The van der Waals surface area contributed by atoms with Gasteiger partial charge in [0, 0.05) is 5.69 Å². The molecule has 45 heavy (non-hydrogen) atoms. The number of nitrogens with zero attached hydrogens (tertiary/aromatic N) is 4. The van der Waals surface area contributed by atoms with Crippen LogP contribution in [0.2, 0.25) is 5.02 Å². The van der Waals surface area contributed by atoms with E-state index < -0.39 is 90.6 Å². The smallest absolute Gasteiger partial charge is 0.871 e. The summed E-state index contributed by atoms with van der Waals surface area (Å²) in [6, 6.07) is 5.04. The first-order valence-electron chi connectivity index (χ1n) is 10.7. The molecule has 0 amide bonds. The van der Waals surface area contributed by atoms with Crippen LogP contribution in [-0.4, -0.2) is 48.9 Å². The van der Waals surface area contributed by atoms with Gasteiger partial charge < -0.3 is 19.5 Å². The van der Waals surface area contributed by atoms with Crippen molar-refractivity contribution in [2.75, 3.05) is 5.32 Å². The van der Waals surface area contributed by atoms with Gasteiger partial charge in [-0.1, -0.05) is 23.4 Å². The fraction of sp³-hybridized carbons (Fsp3) is 0.0476. The average Bonchev–Trinajstić information content (AvgIpc) is 2.84. The number of nitrogens with one attached hydrogen (secondary N) is 1. The zero-order chi connectivity index (χ0) is 31.4. The Morgan fingerprint density at radius 2 is 1.47 bits per heavy atom. The summed E-state index contributed by atoms with van der Waals surface area (Å²) in [5, 5.41) is 21.2. The second-order valence-electron chi connectivity index (χ2n) is 8.23. The van der Waals surface area contributed by atoms with E-state index in [2.05, 4.69) is 25.5 Å². The van der Waals surface area contributed by atoms with E-state index in [4.69, 9.17) is 11.6 Å². The summed E-state index contributed by atoms with van der Waals surface area (Å²) in [4.78, 5) is 2.80. The molecule has 0 aliphatic rings. The summed E-state index contributed by atoms with van der Waals surface area (Å²) in [6.45, 7) is 1.02. The molecule has 0 radical (unpaired) electrons. The fourth-order valence-corrected chi connectivity index (χ4v) is 5.79. The maximum atomic E-state index is 13.6. The van der Waals surface area contributed by atoms with Crippen LogP contribution in [-0.2, 0) is 30.4 Å². The van der Waals surface area contributed by atoms with Gasteiger partial charge in [-0.25, -0.2) is 16.8 Å². The zero-order valence-electron chi connectivity index (χ0n) is 23.2. The minimum absolute atomic E-state index is 0. The molecule has 0 aliphatic carbocycles. The number of halogens is 3. The summed E-state index contributed by atoms with van der Waals surface area (Å²) in [5.41, 5.74) is -2.56. The van der Waals surface area contributed by atoms with Gasteiger partial charge in [-0.2, -0.15) is 27.2 Å². The standard InChI is InChI=1S/C21H14ClF2N5O10S3.3Na/c1-8-4-14(41(34,35)36)12(7-13(8)40(31,32)33)28-29-17-15(42(37,38)39)6-9-5-10(2-3-11(9)18(17)30)25-20-16(22)19(23)26-21(24)27-20;;;/h2-7,30H,1H3,(H,25,26,27)(H,31,32,33)(H,34,35,36)(H,37,38,39);;;/q;3*+1/p-3. The summed E-state index contributed by atoms with van der Waals surface area (Å²) in [7, 11) is -15.8. The summed E-state index contributed by atoms with van der Waals surface area (Å²) in [5.74, 6) is -3.12. The van der Waals surface area contributed by atoms with Crippen LogP contribution in [0.3, 0.4) is 0 Å². The minimum atomic E-state index is -5.36. The average molecular weight is 732 g/mol. The van der Waals surface area contributed by atoms with Crippen LogP contribution in [0, 0.1) is 18.9 Å². The molecule has 0 atom stereocenters. The molecule has 0 unspecified atom stereocenters. The van der Waals surface area contributed by atoms with Gasteiger partial charge in [0.2, 0.25) is 5.95 Å². The second kappa shape index (κ2) is 15.5. The maximum absolute atomic E-state index is 13.6. The van der Waals surface area contributed by atoms with Gasteiger partial charge >= 0.3 is 94.8 Å². The first kappa shape index (κ1) is 42.1. The molecule has 222 valence electrons. The number of fused-ring (bicyclic) bond motifs is 1. The Bertz CT molecular complexity index is 2180. The third-order valence-electron chi connectivity index (χ3n) is 5.41. The first-order chi connectivity index (χ1) is 19.3. The number of aromatic nitrogens is 2. The predicted molar refractivity (Wildman–Crippen MR) is 135 cm³/mol. The van der Waals surface area contributed by atoms with Crippen LogP contribution in [0.1, 0.15) is 5.56 Å². The molecule has 3 aromatic carbocycles. The van der Waals surface area contributed by atoms with E-state index in [0.29, 0.717) is 12.1 Å². The molecule has 1 aromatic heterocycles. The molecular weight excluding hydrogens is 721 g/mol. The first-order valence-corrected chi connectivity index (χ1v) is 15.3. The number of hydrogen-bond acceptors (Lipinski definition) is 14. The molecule has 4 aromatic rings. The molecule has 2 N–H and O–H groups in total. The Hall–Kier alpha value is -0.920. The SMILES string of the molecule is Cc1cc(S(=O)(=O)[O-])c(N=Nc2c(S(=O)(=O)O)cc3cc(Nc4nc(F)nc(F)c4Cl)ccc3c2[O-])cc1S(=O)(=O)[O-].[Na+].[Na+].[Na+]. The molecule has 4 rings (SSSR count). The van der Waals surface area contributed by atoms with Crippen molar-refractivity contribution in [2.24, 2.45) is 10.2 Å². The van der Waals surface area contributed by atoms with Crippen LogP contribution in [0.25, 0.3) is 10.8 Å². The Morgan fingerprint density at radius 1 is 0.867 bits per heavy atom. The number of rotatable bonds is 7. The number of azo groups is 1. The van der Waals surface area contributed by atoms with Gasteiger partial charge in [0.1, 0.15) is 35.8 Å². The van der Waals surface area contributed by atoms with Crippen molar-refractivity contribution in [1.82, 2.24) is 9.97 Å². The summed E-state index contributed by atoms with van der Waals surface area (Å²) < 4.78 is 131. The van der Waals surface area contributed by atoms with Crippen LogP contribution in [0.15, 0.2) is 61.3 Å². The normalized spacial score (nSPS) is 11.9. The molecular formula is C21H11ClF2N5Na3O10S3. The van der Waals surface area contributed by atoms with Crippen molar-refractivity contribution >= 4 is 75.6 Å². The van der Waals surface area contributed by atoms with Gasteiger partial charge in [0.05, 0.1) is 15.5 Å². The Balaban J connectivity index is 0.00000337. The van der Waals surface area contributed by atoms with Crippen LogP contribution in [0.5, 0.6) is 5.75 Å². The van der Waals surface area contributed by atoms with Gasteiger partial charge in [0.25, 0.3) is 10.1 Å². The molecule has 0 fully saturated rings. The van der Waals surface area contributed by atoms with Crippen molar-refractivity contribution in [3.05, 3.63) is 59.0 Å². The molecule has 0 bridgehead atoms. The van der Waals surface area contributed by atoms with E-state index in [1.807, 2.05) is 0 Å². The monoisotopic (exact) mass is 731 g/mol. The number of hydrogen-bond donors (Lipinski definition) is 2. The van der Waals surface area contributed by atoms with Crippen molar-refractivity contribution < 1.29 is 141 Å².